The lowest BCUT2D eigenvalue weighted by atomic mass is 10.2. The molecule has 0 N–H and O–H groups in total. The number of imidazole rings is 1. The van der Waals surface area contributed by atoms with Crippen molar-refractivity contribution >= 4 is 28.8 Å². The van der Waals surface area contributed by atoms with Crippen LogP contribution in [0.15, 0.2) is 42.6 Å². The summed E-state index contributed by atoms with van der Waals surface area (Å²) in [5, 5.41) is 11.0. The van der Waals surface area contributed by atoms with Gasteiger partial charge in [0.25, 0.3) is 5.69 Å². The van der Waals surface area contributed by atoms with Crippen LogP contribution in [0.2, 0.25) is 0 Å². The first-order chi connectivity index (χ1) is 14.7. The molecule has 0 bridgehead atoms. The van der Waals surface area contributed by atoms with Crippen molar-refractivity contribution in [1.82, 2.24) is 19.4 Å². The lowest BCUT2D eigenvalue weighted by Gasteiger charge is -2.36. The number of fused-ring (bicyclic) bond motifs is 1. The summed E-state index contributed by atoms with van der Waals surface area (Å²) in [6.07, 6.45) is 0.923. The van der Waals surface area contributed by atoms with E-state index in [1.54, 1.807) is 11.0 Å². The molecule has 0 saturated carbocycles. The number of carbonyl (C=O) groups is 1. The second kappa shape index (κ2) is 7.86. The van der Waals surface area contributed by atoms with Crippen LogP contribution >= 0.6 is 0 Å². The van der Waals surface area contributed by atoms with Crippen LogP contribution < -0.4 is 4.90 Å². The molecule has 2 aromatic heterocycles. The van der Waals surface area contributed by atoms with E-state index >= 15 is 0 Å². The van der Waals surface area contributed by atoms with E-state index in [1.165, 1.54) is 12.3 Å². The van der Waals surface area contributed by atoms with E-state index in [4.69, 9.17) is 9.72 Å². The van der Waals surface area contributed by atoms with Crippen molar-refractivity contribution in [2.75, 3.05) is 31.1 Å². The van der Waals surface area contributed by atoms with Crippen molar-refractivity contribution in [2.45, 2.75) is 26.4 Å². The van der Waals surface area contributed by atoms with Crippen molar-refractivity contribution in [3.8, 4) is 5.82 Å². The molecular weight excluding hydrogens is 400 g/mol. The van der Waals surface area contributed by atoms with Crippen LogP contribution in [0.25, 0.3) is 16.9 Å². The second-order valence-corrected chi connectivity index (χ2v) is 8.32. The first-order valence-corrected chi connectivity index (χ1v) is 10.0. The van der Waals surface area contributed by atoms with Gasteiger partial charge in [-0.2, -0.15) is 0 Å². The maximum Gasteiger partial charge on any atom is 0.410 e. The number of amides is 1. The first kappa shape index (κ1) is 20.6. The summed E-state index contributed by atoms with van der Waals surface area (Å²) < 4.78 is 7.36. The second-order valence-electron chi connectivity index (χ2n) is 8.32. The molecule has 4 rings (SSSR count). The number of para-hydroxylation sites is 2. The molecule has 0 radical (unpaired) electrons. The predicted octanol–water partition coefficient (Wildman–Crippen LogP) is 3.39. The van der Waals surface area contributed by atoms with Crippen LogP contribution in [-0.4, -0.2) is 62.2 Å². The Kier molecular flexibility index (Phi) is 5.22. The predicted molar refractivity (Wildman–Crippen MR) is 116 cm³/mol. The zero-order chi connectivity index (χ0) is 22.2. The molecule has 1 aliphatic heterocycles. The minimum absolute atomic E-state index is 0.0688. The molecular formula is C21H24N6O4. The number of nitrogens with zero attached hydrogens (tertiary/aromatic N) is 6. The minimum atomic E-state index is -0.538. The summed E-state index contributed by atoms with van der Waals surface area (Å²) in [5.41, 5.74) is 1.05. The Bertz CT molecular complexity index is 1110. The van der Waals surface area contributed by atoms with Crippen molar-refractivity contribution in [3.63, 3.8) is 0 Å². The number of nitro groups is 1. The Hall–Kier alpha value is -3.69. The smallest absolute Gasteiger partial charge is 0.410 e. The van der Waals surface area contributed by atoms with Gasteiger partial charge in [0.1, 0.15) is 17.6 Å². The van der Waals surface area contributed by atoms with E-state index in [0.29, 0.717) is 37.9 Å². The third-order valence-corrected chi connectivity index (χ3v) is 4.93. The van der Waals surface area contributed by atoms with Gasteiger partial charge >= 0.3 is 6.09 Å². The summed E-state index contributed by atoms with van der Waals surface area (Å²) in [7, 11) is 0. The Balaban J connectivity index is 1.62. The van der Waals surface area contributed by atoms with E-state index < -0.39 is 10.5 Å². The van der Waals surface area contributed by atoms with Crippen LogP contribution in [0.1, 0.15) is 20.8 Å². The fraction of sp³-hybridized carbons (Fsp3) is 0.381. The van der Waals surface area contributed by atoms with Gasteiger partial charge in [0.05, 0.1) is 16.0 Å². The average Bonchev–Trinajstić information content (AvgIpc) is 3.12. The number of pyridine rings is 1. The van der Waals surface area contributed by atoms with Gasteiger partial charge in [-0.1, -0.05) is 12.1 Å². The van der Waals surface area contributed by atoms with Gasteiger partial charge in [-0.3, -0.25) is 14.7 Å². The standard InChI is InChI=1S/C21H24N6O4/c1-21(2,3)31-20(28)25-12-10-24(11-13-25)19-23-16-6-4-5-7-17(16)26(19)18-9-8-15(14-22-18)27(29)30/h4-9,14H,10-13H2,1-3H3. The lowest BCUT2D eigenvalue weighted by molar-refractivity contribution is -0.385. The SMILES string of the molecule is CC(C)(C)OC(=O)N1CCN(c2nc3ccccc3n2-c2ccc([N+](=O)[O-])cn2)CC1. The summed E-state index contributed by atoms with van der Waals surface area (Å²) in [5.74, 6) is 1.23. The Morgan fingerprint density at radius 2 is 1.81 bits per heavy atom. The van der Waals surface area contributed by atoms with E-state index in [2.05, 4.69) is 9.88 Å². The Labute approximate surface area is 179 Å². The molecule has 1 saturated heterocycles. The van der Waals surface area contributed by atoms with Crippen molar-refractivity contribution in [3.05, 3.63) is 52.7 Å². The maximum atomic E-state index is 12.4. The van der Waals surface area contributed by atoms with E-state index in [-0.39, 0.29) is 11.8 Å². The number of rotatable bonds is 3. The van der Waals surface area contributed by atoms with E-state index in [9.17, 15) is 14.9 Å². The monoisotopic (exact) mass is 424 g/mol. The molecule has 3 heterocycles. The molecule has 162 valence electrons. The quantitative estimate of drug-likeness (QED) is 0.468. The molecule has 1 amide bonds. The van der Waals surface area contributed by atoms with Crippen LogP contribution in [0, 0.1) is 10.1 Å². The summed E-state index contributed by atoms with van der Waals surface area (Å²) in [6.45, 7) is 7.71. The molecule has 0 spiro atoms. The number of benzene rings is 1. The highest BCUT2D eigenvalue weighted by molar-refractivity contribution is 5.81. The molecule has 31 heavy (non-hydrogen) atoms. The Morgan fingerprint density at radius 3 is 2.42 bits per heavy atom. The average molecular weight is 424 g/mol. The molecule has 1 fully saturated rings. The van der Waals surface area contributed by atoms with Gasteiger partial charge in [0.15, 0.2) is 0 Å². The van der Waals surface area contributed by atoms with Gasteiger partial charge in [0.2, 0.25) is 5.95 Å². The normalized spacial score (nSPS) is 14.7. The number of hydrogen-bond donors (Lipinski definition) is 0. The van der Waals surface area contributed by atoms with Crippen molar-refractivity contribution < 1.29 is 14.5 Å². The number of piperazine rings is 1. The number of ether oxygens (including phenoxy) is 1. The highest BCUT2D eigenvalue weighted by Gasteiger charge is 2.28. The zero-order valence-corrected chi connectivity index (χ0v) is 17.7. The molecule has 10 heteroatoms. The third kappa shape index (κ3) is 4.27. The first-order valence-electron chi connectivity index (χ1n) is 10.0. The minimum Gasteiger partial charge on any atom is -0.444 e. The van der Waals surface area contributed by atoms with E-state index in [1.807, 2.05) is 49.6 Å². The number of hydrogen-bond acceptors (Lipinski definition) is 7. The number of anilines is 1. The molecule has 1 aromatic carbocycles. The van der Waals surface area contributed by atoms with E-state index in [0.717, 1.165) is 11.0 Å². The maximum absolute atomic E-state index is 12.4. The van der Waals surface area contributed by atoms with Crippen LogP contribution in [0.3, 0.4) is 0 Å². The van der Waals surface area contributed by atoms with Crippen LogP contribution in [0.4, 0.5) is 16.4 Å². The summed E-state index contributed by atoms with van der Waals surface area (Å²) in [4.78, 5) is 35.8. The Morgan fingerprint density at radius 1 is 1.10 bits per heavy atom. The summed E-state index contributed by atoms with van der Waals surface area (Å²) >= 11 is 0. The third-order valence-electron chi connectivity index (χ3n) is 4.93. The fourth-order valence-electron chi connectivity index (χ4n) is 3.49. The number of aromatic nitrogens is 3. The molecule has 0 atom stereocenters. The zero-order valence-electron chi connectivity index (χ0n) is 17.7. The van der Waals surface area contributed by atoms with Gasteiger partial charge in [0, 0.05) is 32.2 Å². The number of carbonyl (C=O) groups excluding carboxylic acids is 1. The van der Waals surface area contributed by atoms with Crippen molar-refractivity contribution in [1.29, 1.82) is 0 Å². The van der Waals surface area contributed by atoms with Gasteiger partial charge < -0.3 is 14.5 Å². The highest BCUT2D eigenvalue weighted by atomic mass is 16.6. The van der Waals surface area contributed by atoms with Crippen LogP contribution in [-0.2, 0) is 4.74 Å². The molecule has 3 aromatic rings. The molecule has 10 nitrogen and oxygen atoms in total. The lowest BCUT2D eigenvalue weighted by Crippen LogP contribution is -2.50. The largest absolute Gasteiger partial charge is 0.444 e. The van der Waals surface area contributed by atoms with Crippen molar-refractivity contribution in [2.24, 2.45) is 0 Å². The summed E-state index contributed by atoms with van der Waals surface area (Å²) in [6, 6.07) is 10.7. The topological polar surface area (TPSA) is 107 Å². The van der Waals surface area contributed by atoms with Gasteiger partial charge in [-0.05, 0) is 39.0 Å². The highest BCUT2D eigenvalue weighted by Crippen LogP contribution is 2.28. The van der Waals surface area contributed by atoms with Gasteiger partial charge in [-0.25, -0.2) is 14.8 Å². The van der Waals surface area contributed by atoms with Gasteiger partial charge in [-0.15, -0.1) is 0 Å². The molecule has 0 unspecified atom stereocenters. The molecule has 0 aliphatic carbocycles. The fourth-order valence-corrected chi connectivity index (χ4v) is 3.49. The van der Waals surface area contributed by atoms with Crippen LogP contribution in [0.5, 0.6) is 0 Å². The molecule has 1 aliphatic rings.